The summed E-state index contributed by atoms with van der Waals surface area (Å²) < 4.78 is 4.96. The second kappa shape index (κ2) is 8.53. The van der Waals surface area contributed by atoms with Crippen molar-refractivity contribution in [3.63, 3.8) is 0 Å². The van der Waals surface area contributed by atoms with E-state index in [4.69, 9.17) is 4.74 Å². The van der Waals surface area contributed by atoms with Gasteiger partial charge in [0.15, 0.2) is 0 Å². The highest BCUT2D eigenvalue weighted by Gasteiger charge is 1.93. The number of rotatable bonds is 7. The maximum Gasteiger partial charge on any atom is 0.0561 e. The fourth-order valence-electron chi connectivity index (χ4n) is 0.852. The molecule has 1 rings (SSSR count). The Morgan fingerprint density at radius 2 is 1.93 bits per heavy atom. The van der Waals surface area contributed by atoms with Gasteiger partial charge in [0, 0.05) is 18.6 Å². The molecule has 1 nitrogen and oxygen atoms in total. The zero-order chi connectivity index (χ0) is 10.1. The van der Waals surface area contributed by atoms with E-state index in [0.29, 0.717) is 0 Å². The molecular weight excluding hydrogens is 232 g/mol. The molecule has 1 aromatic rings. The van der Waals surface area contributed by atoms with E-state index < -0.39 is 0 Å². The van der Waals surface area contributed by atoms with Crippen LogP contribution < -0.4 is 0 Å². The minimum Gasteiger partial charge on any atom is -0.384 e. The third-order valence-electron chi connectivity index (χ3n) is 1.54. The first kappa shape index (κ1) is 12.3. The summed E-state index contributed by atoms with van der Waals surface area (Å²) in [5.41, 5.74) is 1.39. The number of benzene rings is 1. The van der Waals surface area contributed by atoms with Crippen molar-refractivity contribution in [1.82, 2.24) is 0 Å². The van der Waals surface area contributed by atoms with Crippen LogP contribution in [0.5, 0.6) is 0 Å². The molecule has 1 aromatic carbocycles. The largest absolute Gasteiger partial charge is 0.384 e. The van der Waals surface area contributed by atoms with Gasteiger partial charge in [-0.15, -0.1) is 0 Å². The van der Waals surface area contributed by atoms with Crippen LogP contribution in [0.1, 0.15) is 5.56 Å². The molecule has 78 valence electrons. The third-order valence-corrected chi connectivity index (χ3v) is 5.68. The molecule has 0 fully saturated rings. The van der Waals surface area contributed by atoms with Crippen molar-refractivity contribution in [3.8, 4) is 0 Å². The van der Waals surface area contributed by atoms with Crippen molar-refractivity contribution in [2.45, 2.75) is 5.75 Å². The molecule has 0 aromatic heterocycles. The topological polar surface area (TPSA) is 9.23 Å². The lowest BCUT2D eigenvalue weighted by Gasteiger charge is -2.00. The Bertz CT molecular complexity index is 228. The van der Waals surface area contributed by atoms with Crippen molar-refractivity contribution in [3.05, 3.63) is 35.9 Å². The Morgan fingerprint density at radius 3 is 2.64 bits per heavy atom. The molecule has 0 saturated heterocycles. The van der Waals surface area contributed by atoms with Crippen LogP contribution in [0, 0.1) is 0 Å². The predicted octanol–water partition coefficient (Wildman–Crippen LogP) is 3.86. The van der Waals surface area contributed by atoms with Gasteiger partial charge in [0.05, 0.1) is 6.61 Å². The number of ether oxygens (including phenoxy) is 1. The smallest absolute Gasteiger partial charge is 0.0561 e. The fraction of sp³-hybridized carbons (Fsp3) is 0.400. The minimum absolute atomic E-state index is 0.837. The van der Waals surface area contributed by atoms with E-state index in [1.54, 1.807) is 7.11 Å². The second-order valence-electron chi connectivity index (χ2n) is 2.63. The van der Waals surface area contributed by atoms with Gasteiger partial charge in [-0.3, -0.25) is 0 Å². The molecule has 0 amide bonds. The normalized spacial score (nSPS) is 10.4. The van der Waals surface area contributed by atoms with Gasteiger partial charge in [0.2, 0.25) is 0 Å². The maximum atomic E-state index is 4.96. The minimum atomic E-state index is 0.837. The lowest BCUT2D eigenvalue weighted by Crippen LogP contribution is -1.88. The summed E-state index contributed by atoms with van der Waals surface area (Å²) >= 11 is 0. The van der Waals surface area contributed by atoms with E-state index in [9.17, 15) is 0 Å². The van der Waals surface area contributed by atoms with Crippen LogP contribution >= 0.6 is 31.4 Å². The van der Waals surface area contributed by atoms with E-state index in [1.165, 1.54) is 5.56 Å². The summed E-state index contributed by atoms with van der Waals surface area (Å²) in [6.07, 6.45) is 0. The maximum absolute atomic E-state index is 4.96. The summed E-state index contributed by atoms with van der Waals surface area (Å²) in [6, 6.07) is 10.5. The first-order valence-corrected chi connectivity index (χ1v) is 8.19. The van der Waals surface area contributed by atoms with Crippen LogP contribution in [-0.4, -0.2) is 19.5 Å². The van der Waals surface area contributed by atoms with E-state index in [-0.39, 0.29) is 0 Å². The molecule has 0 aliphatic rings. The van der Waals surface area contributed by atoms with E-state index >= 15 is 0 Å². The number of hydrogen-bond acceptors (Lipinski definition) is 4. The van der Waals surface area contributed by atoms with Crippen LogP contribution in [0.2, 0.25) is 0 Å². The van der Waals surface area contributed by atoms with E-state index in [2.05, 4.69) is 30.3 Å². The van der Waals surface area contributed by atoms with Crippen molar-refractivity contribution >= 4 is 31.4 Å². The van der Waals surface area contributed by atoms with Crippen LogP contribution in [0.4, 0.5) is 0 Å². The van der Waals surface area contributed by atoms with Gasteiger partial charge < -0.3 is 4.74 Å². The Balaban J connectivity index is 1.99. The molecule has 4 heteroatoms. The monoisotopic (exact) mass is 246 g/mol. The molecule has 0 aliphatic heterocycles. The molecule has 0 unspecified atom stereocenters. The average Bonchev–Trinajstić information content (AvgIpc) is 2.25. The van der Waals surface area contributed by atoms with Crippen molar-refractivity contribution in [2.24, 2.45) is 0 Å². The van der Waals surface area contributed by atoms with E-state index in [0.717, 1.165) is 18.1 Å². The quantitative estimate of drug-likeness (QED) is 0.533. The molecule has 0 atom stereocenters. The summed E-state index contributed by atoms with van der Waals surface area (Å²) in [5.74, 6) is 2.13. The van der Waals surface area contributed by atoms with Crippen molar-refractivity contribution in [1.29, 1.82) is 0 Å². The number of methoxy groups -OCH3 is 1. The van der Waals surface area contributed by atoms with Crippen LogP contribution in [0.25, 0.3) is 0 Å². The van der Waals surface area contributed by atoms with Gasteiger partial charge in [0.1, 0.15) is 0 Å². The Hall–Kier alpha value is 0.230. The molecule has 0 aliphatic carbocycles. The zero-order valence-corrected chi connectivity index (χ0v) is 10.6. The Kier molecular flexibility index (Phi) is 7.50. The van der Waals surface area contributed by atoms with Crippen molar-refractivity contribution in [2.75, 3.05) is 19.5 Å². The number of hydrogen-bond donors (Lipinski definition) is 0. The third kappa shape index (κ3) is 5.86. The van der Waals surface area contributed by atoms with Gasteiger partial charge in [-0.25, -0.2) is 0 Å². The summed E-state index contributed by atoms with van der Waals surface area (Å²) in [4.78, 5) is 0. The lowest BCUT2D eigenvalue weighted by atomic mass is 10.2. The van der Waals surface area contributed by atoms with Gasteiger partial charge in [-0.2, -0.15) is 0 Å². The highest BCUT2D eigenvalue weighted by Crippen LogP contribution is 2.36. The van der Waals surface area contributed by atoms with Gasteiger partial charge in [-0.1, -0.05) is 51.9 Å². The standard InChI is InChI=1S/C10H14OS3/c1-11-7-8-12-14-13-9-10-5-3-2-4-6-10/h2-6H,7-9H2,1H3. The average molecular weight is 246 g/mol. The molecule has 0 heterocycles. The fourth-order valence-corrected chi connectivity index (χ4v) is 4.42. The molecule has 0 bridgehead atoms. The molecule has 0 N–H and O–H groups in total. The Labute approximate surface area is 97.2 Å². The highest BCUT2D eigenvalue weighted by atomic mass is 33.5. The first-order valence-electron chi connectivity index (χ1n) is 4.37. The van der Waals surface area contributed by atoms with Gasteiger partial charge in [-0.05, 0) is 15.4 Å². The van der Waals surface area contributed by atoms with Gasteiger partial charge >= 0.3 is 0 Å². The zero-order valence-electron chi connectivity index (χ0n) is 8.14. The first-order chi connectivity index (χ1) is 6.93. The second-order valence-corrected chi connectivity index (χ2v) is 6.98. The molecule has 0 saturated carbocycles. The molecule has 0 radical (unpaired) electrons. The lowest BCUT2D eigenvalue weighted by molar-refractivity contribution is 0.219. The predicted molar refractivity (Wildman–Crippen MR) is 69.7 cm³/mol. The van der Waals surface area contributed by atoms with Crippen LogP contribution in [0.3, 0.4) is 0 Å². The summed E-state index contributed by atoms with van der Waals surface area (Å²) in [7, 11) is 7.31. The Morgan fingerprint density at radius 1 is 1.14 bits per heavy atom. The summed E-state index contributed by atoms with van der Waals surface area (Å²) in [6.45, 7) is 0.837. The summed E-state index contributed by atoms with van der Waals surface area (Å²) in [5, 5.41) is 0. The van der Waals surface area contributed by atoms with E-state index in [1.807, 2.05) is 31.4 Å². The molecular formula is C10H14OS3. The molecule has 14 heavy (non-hydrogen) atoms. The van der Waals surface area contributed by atoms with Gasteiger partial charge in [0.25, 0.3) is 0 Å². The van der Waals surface area contributed by atoms with Crippen molar-refractivity contribution < 1.29 is 4.74 Å². The van der Waals surface area contributed by atoms with Crippen LogP contribution in [0.15, 0.2) is 30.3 Å². The SMILES string of the molecule is COCCSSSCc1ccccc1. The highest BCUT2D eigenvalue weighted by molar-refractivity contribution is 9.09. The molecule has 0 spiro atoms. The van der Waals surface area contributed by atoms with Crippen LogP contribution in [-0.2, 0) is 10.5 Å².